The van der Waals surface area contributed by atoms with E-state index >= 15 is 0 Å². The Kier molecular flexibility index (Phi) is 6.85. The van der Waals surface area contributed by atoms with Gasteiger partial charge in [-0.3, -0.25) is 14.9 Å². The van der Waals surface area contributed by atoms with Crippen LogP contribution in [0.25, 0.3) is 6.08 Å². The van der Waals surface area contributed by atoms with Crippen LogP contribution in [-0.2, 0) is 4.79 Å². The lowest BCUT2D eigenvalue weighted by atomic mass is 10.1. The molecule has 6 heteroatoms. The Morgan fingerprint density at radius 1 is 0.963 bits per heavy atom. The molecule has 0 saturated heterocycles. The maximum Gasteiger partial charge on any atom is 0.253 e. The zero-order valence-electron chi connectivity index (χ0n) is 15.6. The predicted molar refractivity (Wildman–Crippen MR) is 114 cm³/mol. The molecule has 2 aromatic carbocycles. The summed E-state index contributed by atoms with van der Waals surface area (Å²) in [6, 6.07) is 16.5. The minimum absolute atomic E-state index is 0.119. The number of hydrogen-bond acceptors (Lipinski definition) is 3. The minimum atomic E-state index is -0.360. The summed E-state index contributed by atoms with van der Waals surface area (Å²) in [6.07, 6.45) is 3.10. The van der Waals surface area contributed by atoms with Crippen molar-refractivity contribution in [3.8, 4) is 0 Å². The summed E-state index contributed by atoms with van der Waals surface area (Å²) in [4.78, 5) is 24.5. The van der Waals surface area contributed by atoms with Crippen molar-refractivity contribution in [3.63, 3.8) is 0 Å². The highest BCUT2D eigenvalue weighted by molar-refractivity contribution is 7.80. The molecule has 0 aliphatic heterocycles. The van der Waals surface area contributed by atoms with Crippen LogP contribution in [0, 0.1) is 0 Å². The molecule has 2 amide bonds. The third-order valence-corrected chi connectivity index (χ3v) is 3.58. The van der Waals surface area contributed by atoms with Gasteiger partial charge in [0.2, 0.25) is 5.91 Å². The van der Waals surface area contributed by atoms with E-state index in [0.717, 1.165) is 5.56 Å². The Balaban J connectivity index is 2.00. The first kappa shape index (κ1) is 20.3. The summed E-state index contributed by atoms with van der Waals surface area (Å²) in [6.45, 7) is 5.72. The molecular weight excluding hydrogens is 358 g/mol. The fourth-order valence-corrected chi connectivity index (χ4v) is 2.45. The van der Waals surface area contributed by atoms with E-state index < -0.39 is 0 Å². The number of nitrogens with one attached hydrogen (secondary N) is 3. The average molecular weight is 382 g/mol. The van der Waals surface area contributed by atoms with Gasteiger partial charge in [-0.2, -0.15) is 0 Å². The van der Waals surface area contributed by atoms with Crippen molar-refractivity contribution in [3.05, 3.63) is 71.8 Å². The molecule has 2 rings (SSSR count). The normalized spacial score (nSPS) is 11.1. The van der Waals surface area contributed by atoms with E-state index in [4.69, 9.17) is 12.2 Å². The van der Waals surface area contributed by atoms with E-state index in [1.54, 1.807) is 30.3 Å². The van der Waals surface area contributed by atoms with Gasteiger partial charge in [-0.05, 0) is 56.8 Å². The SMILES string of the molecule is CC(C)(C)NC(=O)c1ccccc1NC(=S)NC(=O)C=Cc1ccccc1. The van der Waals surface area contributed by atoms with E-state index in [1.807, 2.05) is 51.1 Å². The first-order valence-corrected chi connectivity index (χ1v) is 8.92. The third kappa shape index (κ3) is 7.03. The van der Waals surface area contributed by atoms with Crippen LogP contribution in [0.2, 0.25) is 0 Å². The van der Waals surface area contributed by atoms with Gasteiger partial charge in [0.05, 0.1) is 11.3 Å². The van der Waals surface area contributed by atoms with Crippen LogP contribution < -0.4 is 16.0 Å². The molecule has 3 N–H and O–H groups in total. The van der Waals surface area contributed by atoms with E-state index in [2.05, 4.69) is 16.0 Å². The molecular formula is C21H23N3O2S. The lowest BCUT2D eigenvalue weighted by molar-refractivity contribution is -0.115. The fraction of sp³-hybridized carbons (Fsp3) is 0.190. The van der Waals surface area contributed by atoms with Crippen LogP contribution in [0.5, 0.6) is 0 Å². The average Bonchev–Trinajstić information content (AvgIpc) is 2.59. The Morgan fingerprint density at radius 2 is 1.59 bits per heavy atom. The number of benzene rings is 2. The van der Waals surface area contributed by atoms with Gasteiger partial charge in [-0.25, -0.2) is 0 Å². The molecule has 0 radical (unpaired) electrons. The second kappa shape index (κ2) is 9.09. The van der Waals surface area contributed by atoms with Crippen molar-refractivity contribution in [2.24, 2.45) is 0 Å². The highest BCUT2D eigenvalue weighted by Gasteiger charge is 2.18. The number of hydrogen-bond donors (Lipinski definition) is 3. The first-order valence-electron chi connectivity index (χ1n) is 8.51. The molecule has 0 aliphatic carbocycles. The summed E-state index contributed by atoms with van der Waals surface area (Å²) in [5.41, 5.74) is 1.53. The van der Waals surface area contributed by atoms with Crippen LogP contribution in [0.15, 0.2) is 60.7 Å². The lowest BCUT2D eigenvalue weighted by Gasteiger charge is -2.21. The van der Waals surface area contributed by atoms with Gasteiger partial charge in [0.25, 0.3) is 5.91 Å². The molecule has 0 bridgehead atoms. The van der Waals surface area contributed by atoms with Crippen LogP contribution in [0.1, 0.15) is 36.7 Å². The minimum Gasteiger partial charge on any atom is -0.347 e. The molecule has 0 aromatic heterocycles. The molecule has 0 unspecified atom stereocenters. The summed E-state index contributed by atoms with van der Waals surface area (Å²) in [5.74, 6) is -0.573. The lowest BCUT2D eigenvalue weighted by Crippen LogP contribution is -2.41. The topological polar surface area (TPSA) is 70.2 Å². The fourth-order valence-electron chi connectivity index (χ4n) is 2.24. The van der Waals surface area contributed by atoms with Gasteiger partial charge < -0.3 is 10.6 Å². The van der Waals surface area contributed by atoms with Gasteiger partial charge in [-0.15, -0.1) is 0 Å². The Bertz CT molecular complexity index is 855. The molecule has 140 valence electrons. The Hall–Kier alpha value is -2.99. The molecule has 0 saturated carbocycles. The van der Waals surface area contributed by atoms with Crippen LogP contribution in [0.3, 0.4) is 0 Å². The van der Waals surface area contributed by atoms with Crippen molar-refractivity contribution < 1.29 is 9.59 Å². The third-order valence-electron chi connectivity index (χ3n) is 3.37. The molecule has 27 heavy (non-hydrogen) atoms. The zero-order valence-corrected chi connectivity index (χ0v) is 16.4. The molecule has 0 atom stereocenters. The van der Waals surface area contributed by atoms with Crippen molar-refractivity contribution >= 4 is 40.9 Å². The van der Waals surface area contributed by atoms with Crippen molar-refractivity contribution in [1.29, 1.82) is 0 Å². The maximum atomic E-state index is 12.5. The largest absolute Gasteiger partial charge is 0.347 e. The van der Waals surface area contributed by atoms with Crippen LogP contribution >= 0.6 is 12.2 Å². The van der Waals surface area contributed by atoms with E-state index in [-0.39, 0.29) is 22.5 Å². The zero-order chi connectivity index (χ0) is 19.9. The summed E-state index contributed by atoms with van der Waals surface area (Å²) >= 11 is 5.19. The number of amides is 2. The monoisotopic (exact) mass is 381 g/mol. The van der Waals surface area contributed by atoms with Gasteiger partial charge in [0.15, 0.2) is 5.11 Å². The highest BCUT2D eigenvalue weighted by atomic mass is 32.1. The number of carbonyl (C=O) groups excluding carboxylic acids is 2. The smallest absolute Gasteiger partial charge is 0.253 e. The maximum absolute atomic E-state index is 12.5. The second-order valence-corrected chi connectivity index (χ2v) is 7.35. The second-order valence-electron chi connectivity index (χ2n) is 6.94. The van der Waals surface area contributed by atoms with E-state index in [9.17, 15) is 9.59 Å². The number of rotatable bonds is 4. The number of carbonyl (C=O) groups is 2. The van der Waals surface area contributed by atoms with Crippen LogP contribution in [-0.4, -0.2) is 22.5 Å². The summed E-state index contributed by atoms with van der Waals surface area (Å²) in [5, 5.41) is 8.51. The van der Waals surface area contributed by atoms with E-state index in [1.165, 1.54) is 6.08 Å². The molecule has 5 nitrogen and oxygen atoms in total. The first-order chi connectivity index (χ1) is 12.7. The summed E-state index contributed by atoms with van der Waals surface area (Å²) < 4.78 is 0. The standard InChI is InChI=1S/C21H23N3O2S/c1-21(2,3)24-19(26)16-11-7-8-12-17(16)22-20(27)23-18(25)14-13-15-9-5-4-6-10-15/h4-14H,1-3H3,(H,24,26)(H2,22,23,25,27). The highest BCUT2D eigenvalue weighted by Crippen LogP contribution is 2.16. The van der Waals surface area contributed by atoms with E-state index in [0.29, 0.717) is 11.3 Å². The van der Waals surface area contributed by atoms with Gasteiger partial charge >= 0.3 is 0 Å². The van der Waals surface area contributed by atoms with Crippen LogP contribution in [0.4, 0.5) is 5.69 Å². The van der Waals surface area contributed by atoms with Gasteiger partial charge in [0, 0.05) is 11.6 Å². The molecule has 0 aliphatic rings. The van der Waals surface area contributed by atoms with Crippen molar-refractivity contribution in [2.45, 2.75) is 26.3 Å². The number of anilines is 1. The molecule has 0 fully saturated rings. The molecule has 0 heterocycles. The molecule has 0 spiro atoms. The quantitative estimate of drug-likeness (QED) is 0.557. The van der Waals surface area contributed by atoms with Crippen molar-refractivity contribution in [1.82, 2.24) is 10.6 Å². The summed E-state index contributed by atoms with van der Waals surface area (Å²) in [7, 11) is 0. The number of thiocarbonyl (C=S) groups is 1. The van der Waals surface area contributed by atoms with Gasteiger partial charge in [0.1, 0.15) is 0 Å². The predicted octanol–water partition coefficient (Wildman–Crippen LogP) is 3.74. The molecule has 2 aromatic rings. The number of para-hydroxylation sites is 1. The van der Waals surface area contributed by atoms with Gasteiger partial charge in [-0.1, -0.05) is 42.5 Å². The van der Waals surface area contributed by atoms with Crippen molar-refractivity contribution in [2.75, 3.05) is 5.32 Å². The Labute approximate surface area is 164 Å². The Morgan fingerprint density at radius 3 is 2.26 bits per heavy atom.